The normalized spacial score (nSPS) is 14.0. The molecule has 0 spiro atoms. The molecule has 0 N–H and O–H groups in total. The first kappa shape index (κ1) is 14.5. The first-order chi connectivity index (χ1) is 10.7. The molecule has 22 heavy (non-hydrogen) atoms. The molecule has 0 fully saturated rings. The van der Waals surface area contributed by atoms with Crippen molar-refractivity contribution >= 4 is 5.71 Å². The topological polar surface area (TPSA) is 12.4 Å². The molecule has 0 bridgehead atoms. The quantitative estimate of drug-likeness (QED) is 0.773. The smallest absolute Gasteiger partial charge is 0.0637 e. The first-order valence-corrected chi connectivity index (χ1v) is 7.72. The van der Waals surface area contributed by atoms with Gasteiger partial charge in [0.05, 0.1) is 6.54 Å². The van der Waals surface area contributed by atoms with E-state index in [4.69, 9.17) is 0 Å². The monoisotopic (exact) mass is 287 g/mol. The molecule has 0 aromatic heterocycles. The molecule has 1 aliphatic rings. The fraction of sp³-hybridized carbons (Fsp3) is 0.190. The van der Waals surface area contributed by atoms with Crippen molar-refractivity contribution in [2.75, 3.05) is 6.54 Å². The van der Waals surface area contributed by atoms with Gasteiger partial charge in [0, 0.05) is 12.1 Å². The van der Waals surface area contributed by atoms with E-state index in [-0.39, 0.29) is 0 Å². The van der Waals surface area contributed by atoms with Crippen LogP contribution in [0, 0.1) is 6.92 Å². The molecule has 0 aliphatic carbocycles. The zero-order chi connectivity index (χ0) is 15.4. The molecular weight excluding hydrogens is 266 g/mol. The Hall–Kier alpha value is -2.41. The summed E-state index contributed by atoms with van der Waals surface area (Å²) in [5, 5.41) is 0. The molecule has 0 amide bonds. The van der Waals surface area contributed by atoms with E-state index in [1.165, 1.54) is 22.3 Å². The summed E-state index contributed by atoms with van der Waals surface area (Å²) >= 11 is 0. The lowest BCUT2D eigenvalue weighted by Crippen LogP contribution is -2.06. The van der Waals surface area contributed by atoms with E-state index in [2.05, 4.69) is 79.2 Å². The van der Waals surface area contributed by atoms with Crippen molar-refractivity contribution in [3.05, 3.63) is 95.1 Å². The second-order valence-corrected chi connectivity index (χ2v) is 5.90. The van der Waals surface area contributed by atoms with Gasteiger partial charge in [-0.15, -0.1) is 0 Å². The van der Waals surface area contributed by atoms with E-state index in [0.29, 0.717) is 0 Å². The summed E-state index contributed by atoms with van der Waals surface area (Å²) in [5.41, 5.74) is 7.65. The lowest BCUT2D eigenvalue weighted by atomic mass is 9.96. The highest BCUT2D eigenvalue weighted by atomic mass is 14.7. The van der Waals surface area contributed by atoms with E-state index in [1.54, 1.807) is 0 Å². The average molecular weight is 287 g/mol. The molecule has 0 saturated carbocycles. The summed E-state index contributed by atoms with van der Waals surface area (Å²) in [4.78, 5) is 4.57. The number of hydrogen-bond donors (Lipinski definition) is 0. The fourth-order valence-electron chi connectivity index (χ4n) is 2.69. The minimum atomic E-state index is 0.731. The van der Waals surface area contributed by atoms with Crippen LogP contribution < -0.4 is 0 Å². The Bertz CT molecular complexity index is 736. The molecular formula is C21H21N. The van der Waals surface area contributed by atoms with Crippen molar-refractivity contribution in [2.45, 2.75) is 19.8 Å². The van der Waals surface area contributed by atoms with E-state index >= 15 is 0 Å². The summed E-state index contributed by atoms with van der Waals surface area (Å²) in [6.07, 6.45) is 6.04. The molecule has 1 heterocycles. The summed E-state index contributed by atoms with van der Waals surface area (Å²) in [5.74, 6) is 0. The lowest BCUT2D eigenvalue weighted by molar-refractivity contribution is 1.12. The Kier molecular flexibility index (Phi) is 4.34. The molecule has 3 rings (SSSR count). The van der Waals surface area contributed by atoms with Crippen LogP contribution in [0.3, 0.4) is 0 Å². The van der Waals surface area contributed by atoms with Crippen molar-refractivity contribution in [1.29, 1.82) is 0 Å². The highest BCUT2D eigenvalue weighted by Gasteiger charge is 2.06. The summed E-state index contributed by atoms with van der Waals surface area (Å²) < 4.78 is 0. The molecule has 0 atom stereocenters. The average Bonchev–Trinajstić information content (AvgIpc) is 2.54. The second kappa shape index (κ2) is 6.57. The van der Waals surface area contributed by atoms with Crippen molar-refractivity contribution in [3.63, 3.8) is 0 Å². The summed E-state index contributed by atoms with van der Waals surface area (Å²) in [6.45, 7) is 6.85. The largest absolute Gasteiger partial charge is 0.285 e. The van der Waals surface area contributed by atoms with Crippen LogP contribution in [0.5, 0.6) is 0 Å². The zero-order valence-electron chi connectivity index (χ0n) is 13.0. The highest BCUT2D eigenvalue weighted by molar-refractivity contribution is 5.97. The third-order valence-electron chi connectivity index (χ3n) is 4.03. The maximum atomic E-state index is 4.57. The third-order valence-corrected chi connectivity index (χ3v) is 4.03. The predicted molar refractivity (Wildman–Crippen MR) is 94.7 cm³/mol. The van der Waals surface area contributed by atoms with Crippen molar-refractivity contribution in [3.8, 4) is 0 Å². The van der Waals surface area contributed by atoms with Gasteiger partial charge in [-0.3, -0.25) is 4.99 Å². The van der Waals surface area contributed by atoms with Gasteiger partial charge in [-0.1, -0.05) is 61.2 Å². The van der Waals surface area contributed by atoms with Gasteiger partial charge in [0.15, 0.2) is 0 Å². The number of aryl methyl sites for hydroxylation is 1. The second-order valence-electron chi connectivity index (χ2n) is 5.90. The van der Waals surface area contributed by atoms with Crippen molar-refractivity contribution < 1.29 is 0 Å². The molecule has 110 valence electrons. The van der Waals surface area contributed by atoms with Crippen LogP contribution >= 0.6 is 0 Å². The summed E-state index contributed by atoms with van der Waals surface area (Å²) in [6, 6.07) is 17.4. The van der Waals surface area contributed by atoms with Crippen molar-refractivity contribution in [2.24, 2.45) is 4.99 Å². The maximum absolute atomic E-state index is 4.57. The Balaban J connectivity index is 1.78. The lowest BCUT2D eigenvalue weighted by Gasteiger charge is -2.11. The van der Waals surface area contributed by atoms with Gasteiger partial charge in [-0.25, -0.2) is 0 Å². The zero-order valence-corrected chi connectivity index (χ0v) is 13.0. The summed E-state index contributed by atoms with van der Waals surface area (Å²) in [7, 11) is 0. The van der Waals surface area contributed by atoms with Gasteiger partial charge in [0.2, 0.25) is 0 Å². The molecule has 1 heteroatoms. The van der Waals surface area contributed by atoms with Gasteiger partial charge in [0.1, 0.15) is 0 Å². The van der Waals surface area contributed by atoms with Gasteiger partial charge in [-0.05, 0) is 47.2 Å². The van der Waals surface area contributed by atoms with Gasteiger partial charge in [0.25, 0.3) is 0 Å². The van der Waals surface area contributed by atoms with E-state index in [1.807, 2.05) is 0 Å². The van der Waals surface area contributed by atoms with Crippen LogP contribution in [0.15, 0.2) is 77.8 Å². The third kappa shape index (κ3) is 3.62. The SMILES string of the molecule is C=C1C=CC(Cc2ccc(C)c(Cc3ccccc3)c2)=NC1. The Morgan fingerprint density at radius 1 is 0.955 bits per heavy atom. The molecule has 0 unspecified atom stereocenters. The Morgan fingerprint density at radius 3 is 2.50 bits per heavy atom. The number of hydrogen-bond acceptors (Lipinski definition) is 1. The van der Waals surface area contributed by atoms with Crippen LogP contribution in [0.2, 0.25) is 0 Å². The van der Waals surface area contributed by atoms with Gasteiger partial charge < -0.3 is 0 Å². The maximum Gasteiger partial charge on any atom is 0.0637 e. The molecule has 0 radical (unpaired) electrons. The number of allylic oxidation sites excluding steroid dienone is 1. The molecule has 2 aromatic carbocycles. The number of aliphatic imine (C=N–C) groups is 1. The molecule has 0 saturated heterocycles. The first-order valence-electron chi connectivity index (χ1n) is 7.72. The van der Waals surface area contributed by atoms with Crippen LogP contribution in [0.25, 0.3) is 0 Å². The number of benzene rings is 2. The van der Waals surface area contributed by atoms with Crippen LogP contribution in [-0.2, 0) is 12.8 Å². The van der Waals surface area contributed by atoms with Crippen LogP contribution in [0.4, 0.5) is 0 Å². The Morgan fingerprint density at radius 2 is 1.77 bits per heavy atom. The number of rotatable bonds is 4. The Labute approximate surface area is 132 Å². The van der Waals surface area contributed by atoms with Gasteiger partial charge in [-0.2, -0.15) is 0 Å². The number of dihydropyridines is 1. The van der Waals surface area contributed by atoms with Crippen LogP contribution in [-0.4, -0.2) is 12.3 Å². The van der Waals surface area contributed by atoms with E-state index < -0.39 is 0 Å². The number of nitrogens with zero attached hydrogens (tertiary/aromatic N) is 1. The molecule has 1 aliphatic heterocycles. The highest BCUT2D eigenvalue weighted by Crippen LogP contribution is 2.17. The van der Waals surface area contributed by atoms with Crippen molar-refractivity contribution in [1.82, 2.24) is 0 Å². The molecule has 1 nitrogen and oxygen atoms in total. The standard InChI is InChI=1S/C21H21N/c1-16-8-11-21(22-15-16)14-19-10-9-17(2)20(13-19)12-18-6-4-3-5-7-18/h3-11,13H,1,12,14-15H2,2H3. The molecule has 2 aromatic rings. The minimum absolute atomic E-state index is 0.731. The van der Waals surface area contributed by atoms with Gasteiger partial charge >= 0.3 is 0 Å². The fourth-order valence-corrected chi connectivity index (χ4v) is 2.69. The van der Waals surface area contributed by atoms with E-state index in [0.717, 1.165) is 30.7 Å². The van der Waals surface area contributed by atoms with Crippen LogP contribution in [0.1, 0.15) is 22.3 Å². The predicted octanol–water partition coefficient (Wildman–Crippen LogP) is 4.70. The van der Waals surface area contributed by atoms with E-state index in [9.17, 15) is 0 Å². The minimum Gasteiger partial charge on any atom is -0.285 e.